The van der Waals surface area contributed by atoms with E-state index in [9.17, 15) is 4.79 Å². The molecule has 1 aromatic carbocycles. The number of anilines is 1. The van der Waals surface area contributed by atoms with Gasteiger partial charge in [-0.1, -0.05) is 12.1 Å². The van der Waals surface area contributed by atoms with Crippen LogP contribution in [0.5, 0.6) is 0 Å². The van der Waals surface area contributed by atoms with E-state index < -0.39 is 0 Å². The second-order valence-corrected chi connectivity index (χ2v) is 4.36. The van der Waals surface area contributed by atoms with E-state index >= 15 is 0 Å². The van der Waals surface area contributed by atoms with Crippen molar-refractivity contribution >= 4 is 16.6 Å². The van der Waals surface area contributed by atoms with Gasteiger partial charge in [0.25, 0.3) is 0 Å². The van der Waals surface area contributed by atoms with Crippen LogP contribution in [-0.2, 0) is 6.54 Å². The lowest BCUT2D eigenvalue weighted by Gasteiger charge is -2.09. The molecular weight excluding hydrogens is 254 g/mol. The summed E-state index contributed by atoms with van der Waals surface area (Å²) in [5.41, 5.74) is 4.87. The molecule has 0 amide bonds. The average Bonchev–Trinajstić information content (AvgIpc) is 2.51. The first kappa shape index (κ1) is 12.3. The first-order valence-electron chi connectivity index (χ1n) is 6.14. The number of nitrogens with one attached hydrogen (secondary N) is 1. The van der Waals surface area contributed by atoms with Crippen LogP contribution in [0.4, 0.5) is 5.69 Å². The number of fused-ring (bicyclic) bond motifs is 1. The van der Waals surface area contributed by atoms with Gasteiger partial charge in [-0.25, -0.2) is 0 Å². The van der Waals surface area contributed by atoms with Gasteiger partial charge in [-0.15, -0.1) is 0 Å². The lowest BCUT2D eigenvalue weighted by molar-refractivity contribution is 0.681. The molecule has 0 atom stereocenters. The number of hydrazine groups is 1. The summed E-state index contributed by atoms with van der Waals surface area (Å²) in [5, 5.41) is 4.82. The van der Waals surface area contributed by atoms with Crippen molar-refractivity contribution in [1.29, 1.82) is 0 Å². The zero-order valence-electron chi connectivity index (χ0n) is 10.7. The number of nitrogens with two attached hydrogens (primary N) is 1. The first-order valence-corrected chi connectivity index (χ1v) is 6.14. The van der Waals surface area contributed by atoms with Gasteiger partial charge in [-0.3, -0.25) is 20.3 Å². The Kier molecular flexibility index (Phi) is 3.14. The zero-order valence-corrected chi connectivity index (χ0v) is 10.7. The highest BCUT2D eigenvalue weighted by molar-refractivity contribution is 5.77. The standard InChI is InChI=1S/C14H13N5O/c15-18-10-5-6-16-11(7-10)9-19-13-4-2-1-3-12(13)14(20)8-17-19/h1-8H,9,15H2,(H,16,18). The SMILES string of the molecule is NNc1ccnc(Cn2ncc(=O)c3ccccc32)c1. The maximum atomic E-state index is 11.8. The summed E-state index contributed by atoms with van der Waals surface area (Å²) in [4.78, 5) is 16.0. The zero-order chi connectivity index (χ0) is 13.9. The van der Waals surface area contributed by atoms with Gasteiger partial charge in [0.1, 0.15) is 0 Å². The van der Waals surface area contributed by atoms with E-state index in [1.54, 1.807) is 23.0 Å². The second-order valence-electron chi connectivity index (χ2n) is 4.36. The minimum absolute atomic E-state index is 0.0813. The van der Waals surface area contributed by atoms with E-state index in [0.29, 0.717) is 11.9 Å². The van der Waals surface area contributed by atoms with Gasteiger partial charge in [0.15, 0.2) is 0 Å². The molecule has 2 heterocycles. The van der Waals surface area contributed by atoms with Gasteiger partial charge in [0.2, 0.25) is 5.43 Å². The molecule has 0 saturated heterocycles. The summed E-state index contributed by atoms with van der Waals surface area (Å²) in [5.74, 6) is 5.38. The van der Waals surface area contributed by atoms with Crippen molar-refractivity contribution in [3.63, 3.8) is 0 Å². The highest BCUT2D eigenvalue weighted by atomic mass is 16.1. The Hall–Kier alpha value is -2.73. The number of hydrogen-bond donors (Lipinski definition) is 2. The number of para-hydroxylation sites is 1. The molecule has 3 N–H and O–H groups in total. The third kappa shape index (κ3) is 2.24. The van der Waals surface area contributed by atoms with Crippen LogP contribution in [0.1, 0.15) is 5.69 Å². The van der Waals surface area contributed by atoms with Gasteiger partial charge in [0.05, 0.1) is 29.6 Å². The third-order valence-corrected chi connectivity index (χ3v) is 3.06. The molecule has 6 nitrogen and oxygen atoms in total. The van der Waals surface area contributed by atoms with Crippen molar-refractivity contribution in [2.45, 2.75) is 6.54 Å². The van der Waals surface area contributed by atoms with Gasteiger partial charge in [-0.05, 0) is 24.3 Å². The van der Waals surface area contributed by atoms with Crippen LogP contribution in [0.3, 0.4) is 0 Å². The topological polar surface area (TPSA) is 85.8 Å². The van der Waals surface area contributed by atoms with Crippen molar-refractivity contribution < 1.29 is 0 Å². The molecule has 3 rings (SSSR count). The number of pyridine rings is 1. The van der Waals surface area contributed by atoms with E-state index in [4.69, 9.17) is 5.84 Å². The third-order valence-electron chi connectivity index (χ3n) is 3.06. The van der Waals surface area contributed by atoms with Crippen LogP contribution in [0.2, 0.25) is 0 Å². The van der Waals surface area contributed by atoms with Gasteiger partial charge >= 0.3 is 0 Å². The molecule has 0 aliphatic heterocycles. The Labute approximate surface area is 114 Å². The quantitative estimate of drug-likeness (QED) is 0.548. The highest BCUT2D eigenvalue weighted by Gasteiger charge is 2.05. The van der Waals surface area contributed by atoms with Crippen LogP contribution in [0.15, 0.2) is 53.6 Å². The Bertz CT molecular complexity index is 812. The average molecular weight is 267 g/mol. The maximum Gasteiger partial charge on any atom is 0.207 e. The largest absolute Gasteiger partial charge is 0.324 e. The molecule has 0 saturated carbocycles. The molecule has 2 aromatic heterocycles. The molecular formula is C14H13N5O. The molecule has 0 fully saturated rings. The molecule has 0 radical (unpaired) electrons. The van der Waals surface area contributed by atoms with Crippen molar-refractivity contribution in [3.8, 4) is 0 Å². The molecule has 0 aliphatic carbocycles. The number of hydrogen-bond acceptors (Lipinski definition) is 5. The molecule has 0 bridgehead atoms. The predicted octanol–water partition coefficient (Wildman–Crippen LogP) is 1.13. The minimum atomic E-state index is -0.0813. The van der Waals surface area contributed by atoms with E-state index in [0.717, 1.165) is 16.9 Å². The van der Waals surface area contributed by atoms with Crippen molar-refractivity contribution in [2.24, 2.45) is 5.84 Å². The highest BCUT2D eigenvalue weighted by Crippen LogP contribution is 2.11. The van der Waals surface area contributed by atoms with E-state index in [1.807, 2.05) is 24.3 Å². The van der Waals surface area contributed by atoms with E-state index in [2.05, 4.69) is 15.5 Å². The number of benzene rings is 1. The lowest BCUT2D eigenvalue weighted by Crippen LogP contribution is -2.14. The summed E-state index contributed by atoms with van der Waals surface area (Å²) in [7, 11) is 0. The Morgan fingerprint density at radius 1 is 1.25 bits per heavy atom. The number of nitrogens with zero attached hydrogens (tertiary/aromatic N) is 3. The maximum absolute atomic E-state index is 11.8. The Balaban J connectivity index is 2.07. The van der Waals surface area contributed by atoms with E-state index in [1.165, 1.54) is 6.20 Å². The molecule has 0 unspecified atom stereocenters. The predicted molar refractivity (Wildman–Crippen MR) is 77.2 cm³/mol. The van der Waals surface area contributed by atoms with Gasteiger partial charge < -0.3 is 5.43 Å². The monoisotopic (exact) mass is 267 g/mol. The fraction of sp³-hybridized carbons (Fsp3) is 0.0714. The molecule has 0 aliphatic rings. The van der Waals surface area contributed by atoms with Crippen LogP contribution in [-0.4, -0.2) is 14.8 Å². The van der Waals surface area contributed by atoms with E-state index in [-0.39, 0.29) is 5.43 Å². The minimum Gasteiger partial charge on any atom is -0.324 e. The smallest absolute Gasteiger partial charge is 0.207 e. The summed E-state index contributed by atoms with van der Waals surface area (Å²) in [6.45, 7) is 0.469. The fourth-order valence-electron chi connectivity index (χ4n) is 2.09. The second kappa shape index (κ2) is 5.10. The van der Waals surface area contributed by atoms with Crippen molar-refractivity contribution in [3.05, 3.63) is 64.7 Å². The van der Waals surface area contributed by atoms with Crippen LogP contribution in [0, 0.1) is 0 Å². The molecule has 0 spiro atoms. The molecule has 3 aromatic rings. The van der Waals surface area contributed by atoms with Crippen molar-refractivity contribution in [2.75, 3.05) is 5.43 Å². The van der Waals surface area contributed by atoms with Crippen LogP contribution < -0.4 is 16.7 Å². The molecule has 6 heteroatoms. The summed E-state index contributed by atoms with van der Waals surface area (Å²) in [6.07, 6.45) is 3.00. The van der Waals surface area contributed by atoms with Gasteiger partial charge in [-0.2, -0.15) is 5.10 Å². The van der Waals surface area contributed by atoms with Crippen molar-refractivity contribution in [1.82, 2.24) is 14.8 Å². The van der Waals surface area contributed by atoms with Crippen LogP contribution >= 0.6 is 0 Å². The van der Waals surface area contributed by atoms with Gasteiger partial charge in [0, 0.05) is 11.6 Å². The first-order chi connectivity index (χ1) is 9.78. The number of nitrogen functional groups attached to an aromatic ring is 1. The summed E-state index contributed by atoms with van der Waals surface area (Å²) >= 11 is 0. The fourth-order valence-corrected chi connectivity index (χ4v) is 2.09. The molecule has 100 valence electrons. The number of rotatable bonds is 3. The summed E-state index contributed by atoms with van der Waals surface area (Å²) in [6, 6.07) is 11.0. The Morgan fingerprint density at radius 3 is 2.95 bits per heavy atom. The number of aromatic nitrogens is 3. The normalized spacial score (nSPS) is 10.7. The van der Waals surface area contributed by atoms with Crippen LogP contribution in [0.25, 0.3) is 10.9 Å². The molecule has 20 heavy (non-hydrogen) atoms. The lowest BCUT2D eigenvalue weighted by atomic mass is 10.2. The summed E-state index contributed by atoms with van der Waals surface area (Å²) < 4.78 is 1.75. The Morgan fingerprint density at radius 2 is 2.10 bits per heavy atom.